The zero-order valence-corrected chi connectivity index (χ0v) is 21.6. The predicted octanol–water partition coefficient (Wildman–Crippen LogP) is 2.92. The van der Waals surface area contributed by atoms with Gasteiger partial charge >= 0.3 is 23.9 Å². The van der Waals surface area contributed by atoms with Gasteiger partial charge in [-0.1, -0.05) is 18.2 Å². The van der Waals surface area contributed by atoms with Gasteiger partial charge in [0.25, 0.3) is 0 Å². The molecule has 10 heteroatoms. The second-order valence-electron chi connectivity index (χ2n) is 7.98. The van der Waals surface area contributed by atoms with Crippen LogP contribution in [0, 0.1) is 0 Å². The minimum atomic E-state index is -1.18. The summed E-state index contributed by atoms with van der Waals surface area (Å²) in [5, 5.41) is 3.02. The first kappa shape index (κ1) is 28.4. The molecule has 0 aliphatic carbocycles. The molecule has 0 fully saturated rings. The van der Waals surface area contributed by atoms with Gasteiger partial charge in [0.05, 0.1) is 37.4 Å². The summed E-state index contributed by atoms with van der Waals surface area (Å²) in [7, 11) is 1.47. The van der Waals surface area contributed by atoms with Gasteiger partial charge in [0.15, 0.2) is 12.2 Å². The minimum absolute atomic E-state index is 0.0805. The number of nitrogens with one attached hydrogen (secondary N) is 1. The molecular formula is C26H33NO9. The molecule has 1 aromatic carbocycles. The van der Waals surface area contributed by atoms with Crippen molar-refractivity contribution in [3.8, 4) is 5.75 Å². The summed E-state index contributed by atoms with van der Waals surface area (Å²) in [6.07, 6.45) is -2.36. The molecule has 36 heavy (non-hydrogen) atoms. The summed E-state index contributed by atoms with van der Waals surface area (Å²) in [6, 6.07) is 6.88. The predicted molar refractivity (Wildman–Crippen MR) is 129 cm³/mol. The number of para-hydroxylation sites is 1. The molecule has 0 radical (unpaired) electrons. The molecule has 2 atom stereocenters. The molecule has 0 saturated carbocycles. The van der Waals surface area contributed by atoms with Gasteiger partial charge in [-0.25, -0.2) is 19.2 Å². The zero-order valence-electron chi connectivity index (χ0n) is 21.6. The van der Waals surface area contributed by atoms with Crippen molar-refractivity contribution in [1.29, 1.82) is 0 Å². The topological polar surface area (TPSA) is 126 Å². The number of ether oxygens (including phenoxy) is 5. The monoisotopic (exact) mass is 503 g/mol. The molecule has 0 saturated heterocycles. The Hall–Kier alpha value is -3.82. The Morgan fingerprint density at radius 3 is 1.69 bits per heavy atom. The second kappa shape index (κ2) is 12.8. The lowest BCUT2D eigenvalue weighted by Gasteiger charge is -2.32. The molecule has 0 aromatic heterocycles. The lowest BCUT2D eigenvalue weighted by Crippen LogP contribution is -2.36. The van der Waals surface area contributed by atoms with Crippen LogP contribution in [0.1, 0.15) is 53.0 Å². The van der Waals surface area contributed by atoms with Crippen LogP contribution in [0.5, 0.6) is 5.75 Å². The highest BCUT2D eigenvalue weighted by Crippen LogP contribution is 2.42. The van der Waals surface area contributed by atoms with Gasteiger partial charge in [-0.3, -0.25) is 0 Å². The zero-order chi connectivity index (χ0) is 27.0. The van der Waals surface area contributed by atoms with E-state index in [0.29, 0.717) is 22.7 Å². The molecule has 1 aliphatic rings. The molecule has 0 bridgehead atoms. The minimum Gasteiger partial charge on any atom is -0.496 e. The van der Waals surface area contributed by atoms with Gasteiger partial charge in [0, 0.05) is 17.0 Å². The fourth-order valence-electron chi connectivity index (χ4n) is 3.81. The molecule has 1 heterocycles. The molecular weight excluding hydrogens is 470 g/mol. The van der Waals surface area contributed by atoms with Crippen molar-refractivity contribution in [3.05, 3.63) is 52.4 Å². The third-order valence-electron chi connectivity index (χ3n) is 5.45. The van der Waals surface area contributed by atoms with Crippen LogP contribution in [0.4, 0.5) is 0 Å². The highest BCUT2D eigenvalue weighted by Gasteiger charge is 2.41. The van der Waals surface area contributed by atoms with E-state index in [4.69, 9.17) is 23.7 Å². The van der Waals surface area contributed by atoms with E-state index in [1.165, 1.54) is 21.0 Å². The van der Waals surface area contributed by atoms with Crippen molar-refractivity contribution < 1.29 is 42.9 Å². The van der Waals surface area contributed by atoms with Crippen LogP contribution in [-0.4, -0.2) is 56.4 Å². The molecule has 1 aliphatic heterocycles. The normalized spacial score (nSPS) is 15.4. The molecule has 0 spiro atoms. The summed E-state index contributed by atoms with van der Waals surface area (Å²) in [5.41, 5.74) is 1.49. The smallest absolute Gasteiger partial charge is 0.347 e. The standard InChI is InChI=1S/C26H33NO9/c1-8-33-23(28)16(5)35-25(30)20-14(3)27-15(4)21(26(31)36-17(6)24(29)34-9-2)22(20)18-12-10-11-13-19(18)32-7/h10-13,16-17,22,27H,8-9H2,1-7H3/t16-,17-/m0/s1. The van der Waals surface area contributed by atoms with Crippen molar-refractivity contribution in [3.63, 3.8) is 0 Å². The van der Waals surface area contributed by atoms with Crippen molar-refractivity contribution >= 4 is 23.9 Å². The van der Waals surface area contributed by atoms with E-state index in [0.717, 1.165) is 0 Å². The van der Waals surface area contributed by atoms with Gasteiger partial charge in [-0.05, 0) is 47.6 Å². The summed E-state index contributed by atoms with van der Waals surface area (Å²) < 4.78 is 26.2. The summed E-state index contributed by atoms with van der Waals surface area (Å²) in [6.45, 7) is 9.65. The molecule has 1 aromatic rings. The van der Waals surface area contributed by atoms with Crippen LogP contribution in [0.3, 0.4) is 0 Å². The van der Waals surface area contributed by atoms with E-state index >= 15 is 0 Å². The fourth-order valence-corrected chi connectivity index (χ4v) is 3.81. The Morgan fingerprint density at radius 2 is 1.28 bits per heavy atom. The summed E-state index contributed by atoms with van der Waals surface area (Å²) in [5.74, 6) is -3.61. The number of methoxy groups -OCH3 is 1. The number of hydrogen-bond acceptors (Lipinski definition) is 10. The molecule has 196 valence electrons. The molecule has 1 N–H and O–H groups in total. The third-order valence-corrected chi connectivity index (χ3v) is 5.45. The first-order valence-corrected chi connectivity index (χ1v) is 11.6. The van der Waals surface area contributed by atoms with Crippen LogP contribution >= 0.6 is 0 Å². The number of allylic oxidation sites excluding steroid dienone is 2. The van der Waals surface area contributed by atoms with Crippen molar-refractivity contribution in [2.75, 3.05) is 20.3 Å². The first-order valence-electron chi connectivity index (χ1n) is 11.6. The van der Waals surface area contributed by atoms with E-state index in [1.807, 2.05) is 0 Å². The van der Waals surface area contributed by atoms with E-state index in [1.54, 1.807) is 52.0 Å². The van der Waals surface area contributed by atoms with Crippen molar-refractivity contribution in [2.45, 2.75) is 59.7 Å². The SMILES string of the molecule is CCOC(=O)[C@H](C)OC(=O)C1=C(C)NC(C)=C(C(=O)O[C@@H](C)C(=O)OCC)C1c1ccccc1OC. The van der Waals surface area contributed by atoms with Gasteiger partial charge in [0.1, 0.15) is 5.75 Å². The average molecular weight is 504 g/mol. The molecule has 10 nitrogen and oxygen atoms in total. The molecule has 0 unspecified atom stereocenters. The number of dihydropyridines is 1. The van der Waals surface area contributed by atoms with Crippen LogP contribution < -0.4 is 10.1 Å². The Labute approximate surface area is 210 Å². The number of esters is 4. The fraction of sp³-hybridized carbons (Fsp3) is 0.462. The maximum Gasteiger partial charge on any atom is 0.347 e. The maximum atomic E-state index is 13.4. The van der Waals surface area contributed by atoms with Crippen LogP contribution in [0.25, 0.3) is 0 Å². The second-order valence-corrected chi connectivity index (χ2v) is 7.98. The maximum absolute atomic E-state index is 13.4. The molecule has 0 amide bonds. The summed E-state index contributed by atoms with van der Waals surface area (Å²) >= 11 is 0. The van der Waals surface area contributed by atoms with Crippen molar-refractivity contribution in [1.82, 2.24) is 5.32 Å². The average Bonchev–Trinajstić information content (AvgIpc) is 2.83. The van der Waals surface area contributed by atoms with E-state index in [-0.39, 0.29) is 24.4 Å². The number of benzene rings is 1. The Balaban J connectivity index is 2.57. The number of carbonyl (C=O) groups excluding carboxylic acids is 4. The molecule has 2 rings (SSSR count). The van der Waals surface area contributed by atoms with Crippen molar-refractivity contribution in [2.24, 2.45) is 0 Å². The Kier molecular flexibility index (Phi) is 10.1. The quantitative estimate of drug-likeness (QED) is 0.376. The van der Waals surface area contributed by atoms with Crippen LogP contribution in [0.15, 0.2) is 46.8 Å². The van der Waals surface area contributed by atoms with E-state index in [9.17, 15) is 19.2 Å². The van der Waals surface area contributed by atoms with Gasteiger partial charge in [-0.2, -0.15) is 0 Å². The highest BCUT2D eigenvalue weighted by molar-refractivity contribution is 6.01. The summed E-state index contributed by atoms with van der Waals surface area (Å²) in [4.78, 5) is 50.9. The van der Waals surface area contributed by atoms with E-state index < -0.39 is 42.0 Å². The largest absolute Gasteiger partial charge is 0.496 e. The van der Waals surface area contributed by atoms with E-state index in [2.05, 4.69) is 5.32 Å². The van der Waals surface area contributed by atoms with Gasteiger partial charge < -0.3 is 29.0 Å². The number of rotatable bonds is 10. The highest BCUT2D eigenvalue weighted by atomic mass is 16.6. The van der Waals surface area contributed by atoms with Gasteiger partial charge in [0.2, 0.25) is 0 Å². The van der Waals surface area contributed by atoms with Crippen LogP contribution in [-0.2, 0) is 38.1 Å². The lowest BCUT2D eigenvalue weighted by molar-refractivity contribution is -0.164. The number of carbonyl (C=O) groups is 4. The Morgan fingerprint density at radius 1 is 0.833 bits per heavy atom. The number of hydrogen-bond donors (Lipinski definition) is 1. The third kappa shape index (κ3) is 6.44. The lowest BCUT2D eigenvalue weighted by atomic mass is 9.80. The van der Waals surface area contributed by atoms with Gasteiger partial charge in [-0.15, -0.1) is 0 Å². The Bertz CT molecular complexity index is 1010. The van der Waals surface area contributed by atoms with Crippen LogP contribution in [0.2, 0.25) is 0 Å². The first-order chi connectivity index (χ1) is 17.1.